The molecule has 0 heterocycles. The zero-order chi connectivity index (χ0) is 22.4. The summed E-state index contributed by atoms with van der Waals surface area (Å²) in [5.74, 6) is 0.240. The van der Waals surface area contributed by atoms with Gasteiger partial charge in [-0.3, -0.25) is 9.52 Å². The molecule has 7 nitrogen and oxygen atoms in total. The Morgan fingerprint density at radius 2 is 1.74 bits per heavy atom. The first-order valence-electron chi connectivity index (χ1n) is 9.23. The van der Waals surface area contributed by atoms with Crippen molar-refractivity contribution in [1.29, 1.82) is 0 Å². The first-order valence-corrected chi connectivity index (χ1v) is 11.1. The molecule has 3 aromatic carbocycles. The summed E-state index contributed by atoms with van der Waals surface area (Å²) in [5, 5.41) is 2.88. The van der Waals surface area contributed by atoms with E-state index in [2.05, 4.69) is 10.0 Å². The maximum absolute atomic E-state index is 12.9. The lowest BCUT2D eigenvalue weighted by Gasteiger charge is -2.14. The quantitative estimate of drug-likeness (QED) is 0.517. The largest absolute Gasteiger partial charge is 0.495 e. The van der Waals surface area contributed by atoms with Crippen LogP contribution in [0.15, 0.2) is 71.6 Å². The summed E-state index contributed by atoms with van der Waals surface area (Å²) in [5.41, 5.74) is 1.58. The zero-order valence-corrected chi connectivity index (χ0v) is 18.5. The van der Waals surface area contributed by atoms with E-state index in [1.54, 1.807) is 36.4 Å². The van der Waals surface area contributed by atoms with E-state index in [0.29, 0.717) is 5.75 Å². The number of amides is 1. The number of carbonyl (C=O) groups excluding carboxylic acids is 1. The van der Waals surface area contributed by atoms with Gasteiger partial charge in [-0.1, -0.05) is 41.4 Å². The van der Waals surface area contributed by atoms with Crippen LogP contribution in [0, 0.1) is 6.92 Å². The van der Waals surface area contributed by atoms with E-state index in [-0.39, 0.29) is 33.6 Å². The van der Waals surface area contributed by atoms with Crippen LogP contribution in [0.3, 0.4) is 0 Å². The highest BCUT2D eigenvalue weighted by Crippen LogP contribution is 2.30. The topological polar surface area (TPSA) is 93.7 Å². The Morgan fingerprint density at radius 3 is 2.42 bits per heavy atom. The van der Waals surface area contributed by atoms with Crippen molar-refractivity contribution in [2.75, 3.05) is 23.8 Å². The van der Waals surface area contributed by atoms with E-state index < -0.39 is 15.9 Å². The van der Waals surface area contributed by atoms with Crippen LogP contribution in [0.25, 0.3) is 0 Å². The van der Waals surface area contributed by atoms with E-state index in [4.69, 9.17) is 21.1 Å². The van der Waals surface area contributed by atoms with Crippen molar-refractivity contribution in [3.63, 3.8) is 0 Å². The third-order valence-electron chi connectivity index (χ3n) is 4.25. The molecule has 0 aliphatic carbocycles. The minimum atomic E-state index is -4.04. The van der Waals surface area contributed by atoms with E-state index >= 15 is 0 Å². The van der Waals surface area contributed by atoms with Gasteiger partial charge in [-0.2, -0.15) is 0 Å². The molecule has 0 radical (unpaired) electrons. The summed E-state index contributed by atoms with van der Waals surface area (Å²) in [6.07, 6.45) is 0. The number of nitrogens with one attached hydrogen (secondary N) is 2. The highest BCUT2D eigenvalue weighted by molar-refractivity contribution is 7.92. The lowest BCUT2D eigenvalue weighted by molar-refractivity contribution is -0.118. The van der Waals surface area contributed by atoms with Gasteiger partial charge in [0.2, 0.25) is 0 Å². The smallest absolute Gasteiger partial charge is 0.265 e. The molecule has 0 aliphatic heterocycles. The molecule has 3 aromatic rings. The monoisotopic (exact) mass is 460 g/mol. The van der Waals surface area contributed by atoms with E-state index in [1.165, 1.54) is 25.3 Å². The lowest BCUT2D eigenvalue weighted by atomic mass is 10.2. The second-order valence-corrected chi connectivity index (χ2v) is 8.66. The first-order chi connectivity index (χ1) is 14.8. The van der Waals surface area contributed by atoms with Crippen LogP contribution >= 0.6 is 11.6 Å². The molecule has 0 saturated heterocycles. The number of rotatable bonds is 8. The van der Waals surface area contributed by atoms with E-state index in [0.717, 1.165) is 5.56 Å². The Morgan fingerprint density at radius 1 is 1.03 bits per heavy atom. The number of para-hydroxylation sites is 1. The first kappa shape index (κ1) is 22.5. The third kappa shape index (κ3) is 5.90. The van der Waals surface area contributed by atoms with E-state index in [9.17, 15) is 13.2 Å². The number of benzene rings is 3. The standard InChI is InChI=1S/C22H21ClN2O5S/c1-15-7-10-17(11-8-15)30-14-22(26)24-16-9-12-20(29-2)21(13-16)31(27,28)25-19-6-4-3-5-18(19)23/h3-13,25H,14H2,1-2H3,(H,24,26). The fourth-order valence-corrected chi connectivity index (χ4v) is 4.20. The number of halogens is 1. The minimum Gasteiger partial charge on any atom is -0.495 e. The molecule has 0 fully saturated rings. The molecular weight excluding hydrogens is 440 g/mol. The van der Waals surface area contributed by atoms with Gasteiger partial charge in [-0.25, -0.2) is 8.42 Å². The summed E-state index contributed by atoms with van der Waals surface area (Å²) in [6.45, 7) is 1.72. The van der Waals surface area contributed by atoms with Gasteiger partial charge in [-0.15, -0.1) is 0 Å². The Balaban J connectivity index is 1.75. The third-order valence-corrected chi connectivity index (χ3v) is 5.96. The highest BCUT2D eigenvalue weighted by atomic mass is 35.5. The number of ether oxygens (including phenoxy) is 2. The van der Waals surface area contributed by atoms with Crippen molar-refractivity contribution in [3.05, 3.63) is 77.3 Å². The van der Waals surface area contributed by atoms with Crippen molar-refractivity contribution in [3.8, 4) is 11.5 Å². The van der Waals surface area contributed by atoms with Gasteiger partial charge in [0.05, 0.1) is 17.8 Å². The van der Waals surface area contributed by atoms with Crippen LogP contribution in [0.1, 0.15) is 5.56 Å². The SMILES string of the molecule is COc1ccc(NC(=O)COc2ccc(C)cc2)cc1S(=O)(=O)Nc1ccccc1Cl. The highest BCUT2D eigenvalue weighted by Gasteiger charge is 2.22. The predicted octanol–water partition coefficient (Wildman–Crippen LogP) is 4.48. The summed E-state index contributed by atoms with van der Waals surface area (Å²) < 4.78 is 38.9. The van der Waals surface area contributed by atoms with Crippen molar-refractivity contribution < 1.29 is 22.7 Å². The Hall–Kier alpha value is -3.23. The van der Waals surface area contributed by atoms with Crippen molar-refractivity contribution >= 4 is 38.9 Å². The number of hydrogen-bond acceptors (Lipinski definition) is 5. The zero-order valence-electron chi connectivity index (χ0n) is 16.9. The molecule has 162 valence electrons. The molecule has 3 rings (SSSR count). The van der Waals surface area contributed by atoms with Gasteiger partial charge >= 0.3 is 0 Å². The molecule has 2 N–H and O–H groups in total. The maximum atomic E-state index is 12.9. The number of carbonyl (C=O) groups is 1. The fraction of sp³-hybridized carbons (Fsp3) is 0.136. The number of anilines is 2. The van der Waals surface area contributed by atoms with Gasteiger partial charge in [-0.05, 0) is 49.4 Å². The van der Waals surface area contributed by atoms with Crippen molar-refractivity contribution in [1.82, 2.24) is 0 Å². The van der Waals surface area contributed by atoms with Crippen LogP contribution < -0.4 is 19.5 Å². The van der Waals surface area contributed by atoms with Gasteiger partial charge < -0.3 is 14.8 Å². The summed E-state index contributed by atoms with van der Waals surface area (Å²) in [6, 6.07) is 18.0. The fourth-order valence-electron chi connectivity index (χ4n) is 2.69. The summed E-state index contributed by atoms with van der Waals surface area (Å²) in [7, 11) is -2.68. The molecule has 0 aromatic heterocycles. The Labute approximate surface area is 186 Å². The predicted molar refractivity (Wildman–Crippen MR) is 121 cm³/mol. The molecule has 0 unspecified atom stereocenters. The van der Waals surface area contributed by atoms with Gasteiger partial charge in [0.1, 0.15) is 16.4 Å². The normalized spacial score (nSPS) is 10.9. The minimum absolute atomic E-state index is 0.119. The second-order valence-electron chi connectivity index (χ2n) is 6.60. The average molecular weight is 461 g/mol. The Bertz CT molecular complexity index is 1180. The van der Waals surface area contributed by atoms with Crippen LogP contribution in [0.2, 0.25) is 5.02 Å². The molecule has 0 aliphatic rings. The van der Waals surface area contributed by atoms with Crippen LogP contribution in [0.4, 0.5) is 11.4 Å². The summed E-state index contributed by atoms with van der Waals surface area (Å²) >= 11 is 6.06. The van der Waals surface area contributed by atoms with Crippen LogP contribution in [0.5, 0.6) is 11.5 Å². The van der Waals surface area contributed by atoms with Gasteiger partial charge in [0.15, 0.2) is 6.61 Å². The van der Waals surface area contributed by atoms with Crippen molar-refractivity contribution in [2.45, 2.75) is 11.8 Å². The molecule has 0 saturated carbocycles. The van der Waals surface area contributed by atoms with Gasteiger partial charge in [0, 0.05) is 5.69 Å². The average Bonchev–Trinajstić information content (AvgIpc) is 2.75. The van der Waals surface area contributed by atoms with Crippen molar-refractivity contribution in [2.24, 2.45) is 0 Å². The number of methoxy groups -OCH3 is 1. The number of aryl methyl sites for hydroxylation is 1. The maximum Gasteiger partial charge on any atom is 0.265 e. The summed E-state index contributed by atoms with van der Waals surface area (Å²) in [4.78, 5) is 12.1. The molecule has 1 amide bonds. The Kier molecular flexibility index (Phi) is 7.04. The second kappa shape index (κ2) is 9.72. The van der Waals surface area contributed by atoms with Crippen LogP contribution in [-0.4, -0.2) is 28.0 Å². The van der Waals surface area contributed by atoms with E-state index in [1.807, 2.05) is 19.1 Å². The number of sulfonamides is 1. The number of hydrogen-bond donors (Lipinski definition) is 2. The lowest BCUT2D eigenvalue weighted by Crippen LogP contribution is -2.21. The molecule has 31 heavy (non-hydrogen) atoms. The molecule has 0 spiro atoms. The molecular formula is C22H21ClN2O5S. The molecule has 0 atom stereocenters. The van der Waals surface area contributed by atoms with Crippen LogP contribution in [-0.2, 0) is 14.8 Å². The molecule has 0 bridgehead atoms. The molecule has 9 heteroatoms. The van der Waals surface area contributed by atoms with Gasteiger partial charge in [0.25, 0.3) is 15.9 Å².